The minimum atomic E-state index is -2.34. The molecule has 0 aromatic carbocycles. The molecule has 154 valence electrons. The van der Waals surface area contributed by atoms with Crippen molar-refractivity contribution >= 4 is 46.3 Å². The van der Waals surface area contributed by atoms with Crippen LogP contribution in [-0.4, -0.2) is 46.3 Å². The van der Waals surface area contributed by atoms with E-state index in [-0.39, 0.29) is 25.7 Å². The molecule has 0 aromatic heterocycles. The van der Waals surface area contributed by atoms with Gasteiger partial charge in [-0.25, -0.2) is 0 Å². The second-order valence-corrected chi connectivity index (χ2v) is 6.89. The molecule has 0 unspecified atom stereocenters. The zero-order chi connectivity index (χ0) is 22.4. The molecule has 0 spiro atoms. The van der Waals surface area contributed by atoms with Crippen molar-refractivity contribution in [3.05, 3.63) is 0 Å². The summed E-state index contributed by atoms with van der Waals surface area (Å²) in [6.45, 7) is 5.95. The Bertz CT molecular complexity index is 620. The second-order valence-electron chi connectivity index (χ2n) is 6.89. The van der Waals surface area contributed by atoms with E-state index in [1.807, 2.05) is 0 Å². The molecule has 0 radical (unpaired) electrons. The summed E-state index contributed by atoms with van der Waals surface area (Å²) >= 11 is 0. The molecule has 28 heavy (non-hydrogen) atoms. The SMILES string of the molecule is CC(=O)C(C(C)=O)(C(C)=O)C(=O)CCCCC(=O)C(C(C)=O)(C(C)=O)C(C)=O. The summed E-state index contributed by atoms with van der Waals surface area (Å²) in [7, 11) is 0. The maximum atomic E-state index is 12.4. The van der Waals surface area contributed by atoms with Gasteiger partial charge >= 0.3 is 0 Å². The summed E-state index contributed by atoms with van der Waals surface area (Å²) in [6.07, 6.45) is -0.577. The van der Waals surface area contributed by atoms with Crippen molar-refractivity contribution in [2.75, 3.05) is 0 Å². The average Bonchev–Trinajstić information content (AvgIpc) is 2.50. The molecule has 0 rings (SSSR count). The first kappa shape index (κ1) is 25.4. The van der Waals surface area contributed by atoms with E-state index in [1.54, 1.807) is 0 Å². The lowest BCUT2D eigenvalue weighted by Gasteiger charge is -2.25. The third-order valence-electron chi connectivity index (χ3n) is 5.06. The monoisotopic (exact) mass is 394 g/mol. The zero-order valence-corrected chi connectivity index (χ0v) is 17.1. The third kappa shape index (κ3) is 4.26. The number of unbranched alkanes of at least 4 members (excludes halogenated alkanes) is 1. The molecule has 8 heteroatoms. The predicted octanol–water partition coefficient (Wildman–Crippen LogP) is 1.19. The Morgan fingerprint density at radius 3 is 0.750 bits per heavy atom. The van der Waals surface area contributed by atoms with Gasteiger partial charge in [-0.15, -0.1) is 0 Å². The van der Waals surface area contributed by atoms with Crippen molar-refractivity contribution in [1.29, 1.82) is 0 Å². The van der Waals surface area contributed by atoms with Gasteiger partial charge < -0.3 is 0 Å². The molecule has 0 N–H and O–H groups in total. The van der Waals surface area contributed by atoms with Crippen molar-refractivity contribution in [3.63, 3.8) is 0 Å². The molecule has 0 fully saturated rings. The third-order valence-corrected chi connectivity index (χ3v) is 5.06. The van der Waals surface area contributed by atoms with Crippen molar-refractivity contribution in [2.24, 2.45) is 10.8 Å². The molecule has 0 aliphatic rings. The Balaban J connectivity index is 5.31. The highest BCUT2D eigenvalue weighted by atomic mass is 16.2. The quantitative estimate of drug-likeness (QED) is 0.335. The summed E-state index contributed by atoms with van der Waals surface area (Å²) in [5.74, 6) is -6.90. The Morgan fingerprint density at radius 1 is 0.429 bits per heavy atom. The predicted molar refractivity (Wildman–Crippen MR) is 97.4 cm³/mol. The van der Waals surface area contributed by atoms with Crippen LogP contribution in [0.1, 0.15) is 67.2 Å². The van der Waals surface area contributed by atoms with Crippen molar-refractivity contribution in [3.8, 4) is 0 Å². The number of carbonyl (C=O) groups excluding carboxylic acids is 8. The molecule has 0 bridgehead atoms. The molecule has 0 amide bonds. The summed E-state index contributed by atoms with van der Waals surface area (Å²) in [6, 6.07) is 0. The van der Waals surface area contributed by atoms with Gasteiger partial charge in [0.1, 0.15) is 0 Å². The fourth-order valence-electron chi connectivity index (χ4n) is 3.61. The van der Waals surface area contributed by atoms with E-state index in [9.17, 15) is 38.4 Å². The Kier molecular flexibility index (Phi) is 8.63. The van der Waals surface area contributed by atoms with Crippen LogP contribution in [0.15, 0.2) is 0 Å². The minimum Gasteiger partial charge on any atom is -0.298 e. The van der Waals surface area contributed by atoms with E-state index in [4.69, 9.17) is 0 Å². The van der Waals surface area contributed by atoms with Crippen molar-refractivity contribution in [1.82, 2.24) is 0 Å². The maximum Gasteiger partial charge on any atom is 0.202 e. The van der Waals surface area contributed by atoms with Gasteiger partial charge in [0.05, 0.1) is 0 Å². The molecule has 0 aromatic rings. The molecule has 0 heterocycles. The molecule has 0 aliphatic heterocycles. The number of carbonyl (C=O) groups is 8. The van der Waals surface area contributed by atoms with E-state index < -0.39 is 57.1 Å². The van der Waals surface area contributed by atoms with Crippen LogP contribution >= 0.6 is 0 Å². The molecule has 8 nitrogen and oxygen atoms in total. The normalized spacial score (nSPS) is 11.5. The lowest BCUT2D eigenvalue weighted by Crippen LogP contribution is -2.50. The fourth-order valence-corrected chi connectivity index (χ4v) is 3.61. The van der Waals surface area contributed by atoms with Crippen LogP contribution in [0.25, 0.3) is 0 Å². The second kappa shape index (κ2) is 9.52. The van der Waals surface area contributed by atoms with Crippen molar-refractivity contribution in [2.45, 2.75) is 67.2 Å². The topological polar surface area (TPSA) is 137 Å². The van der Waals surface area contributed by atoms with Gasteiger partial charge in [-0.2, -0.15) is 0 Å². The Hall–Kier alpha value is -2.64. The van der Waals surface area contributed by atoms with Gasteiger partial charge in [0.25, 0.3) is 0 Å². The minimum absolute atomic E-state index is 0.0317. The van der Waals surface area contributed by atoms with E-state index in [0.717, 1.165) is 41.5 Å². The molecule has 0 saturated carbocycles. The summed E-state index contributed by atoms with van der Waals surface area (Å²) in [5.41, 5.74) is -4.68. The number of hydrogen-bond acceptors (Lipinski definition) is 8. The smallest absolute Gasteiger partial charge is 0.202 e. The highest BCUT2D eigenvalue weighted by Crippen LogP contribution is 2.28. The lowest BCUT2D eigenvalue weighted by atomic mass is 9.71. The van der Waals surface area contributed by atoms with Gasteiger partial charge in [-0.1, -0.05) is 0 Å². The highest BCUT2D eigenvalue weighted by Gasteiger charge is 2.52. The number of ketones is 8. The van der Waals surface area contributed by atoms with Crippen LogP contribution in [0, 0.1) is 10.8 Å². The summed E-state index contributed by atoms with van der Waals surface area (Å²) in [4.78, 5) is 96.0. The molecule has 0 saturated heterocycles. The van der Waals surface area contributed by atoms with Crippen LogP contribution < -0.4 is 0 Å². The standard InChI is InChI=1S/C20H26O8/c1-11(21)19(12(2)22,13(3)23)17(27)9-7-8-10-18(28)20(14(4)24,15(5)25)16(6)26/h7-10H2,1-6H3. The average molecular weight is 394 g/mol. The Labute approximate surface area is 163 Å². The van der Waals surface area contributed by atoms with Gasteiger partial charge in [0.2, 0.25) is 10.8 Å². The van der Waals surface area contributed by atoms with Crippen LogP contribution in [-0.2, 0) is 38.4 Å². The van der Waals surface area contributed by atoms with E-state index in [2.05, 4.69) is 0 Å². The van der Waals surface area contributed by atoms with Crippen LogP contribution in [0.3, 0.4) is 0 Å². The van der Waals surface area contributed by atoms with E-state index >= 15 is 0 Å². The highest BCUT2D eigenvalue weighted by molar-refractivity contribution is 6.38. The summed E-state index contributed by atoms with van der Waals surface area (Å²) < 4.78 is 0. The maximum absolute atomic E-state index is 12.4. The van der Waals surface area contributed by atoms with Crippen molar-refractivity contribution < 1.29 is 38.4 Å². The van der Waals surface area contributed by atoms with Crippen LogP contribution in [0.5, 0.6) is 0 Å². The van der Waals surface area contributed by atoms with Gasteiger partial charge in [0.15, 0.2) is 46.3 Å². The molecular weight excluding hydrogens is 368 g/mol. The van der Waals surface area contributed by atoms with Gasteiger partial charge in [-0.05, 0) is 54.4 Å². The Morgan fingerprint density at radius 2 is 0.607 bits per heavy atom. The van der Waals surface area contributed by atoms with Crippen LogP contribution in [0.2, 0.25) is 0 Å². The van der Waals surface area contributed by atoms with Gasteiger partial charge in [0, 0.05) is 12.8 Å². The molecular formula is C20H26O8. The number of rotatable bonds is 13. The zero-order valence-electron chi connectivity index (χ0n) is 17.1. The van der Waals surface area contributed by atoms with E-state index in [0.29, 0.717) is 0 Å². The van der Waals surface area contributed by atoms with E-state index in [1.165, 1.54) is 0 Å². The molecule has 0 aliphatic carbocycles. The first-order valence-electron chi connectivity index (χ1n) is 8.84. The fraction of sp³-hybridized carbons (Fsp3) is 0.600. The number of hydrogen-bond donors (Lipinski definition) is 0. The lowest BCUT2D eigenvalue weighted by molar-refractivity contribution is -0.156. The largest absolute Gasteiger partial charge is 0.298 e. The first-order chi connectivity index (χ1) is 12.7. The number of Topliss-reactive ketones (excluding diaryl/α,β-unsaturated/α-hetero) is 8. The van der Waals surface area contributed by atoms with Gasteiger partial charge in [-0.3, -0.25) is 38.4 Å². The van der Waals surface area contributed by atoms with Crippen LogP contribution in [0.4, 0.5) is 0 Å². The molecule has 0 atom stereocenters. The first-order valence-corrected chi connectivity index (χ1v) is 8.84. The summed E-state index contributed by atoms with van der Waals surface area (Å²) in [5, 5.41) is 0.